The SMILES string of the molecule is CCCOc1c([C@H](N)C(F)(F)F)ccc2ccccc12. The zero-order chi connectivity index (χ0) is 14.8. The van der Waals surface area contributed by atoms with Crippen molar-refractivity contribution in [3.05, 3.63) is 42.0 Å². The normalized spacial score (nSPS) is 13.4. The molecule has 0 unspecified atom stereocenters. The lowest BCUT2D eigenvalue weighted by atomic mass is 10.00. The fraction of sp³-hybridized carbons (Fsp3) is 0.333. The number of rotatable bonds is 4. The second kappa shape index (κ2) is 5.71. The van der Waals surface area contributed by atoms with Crippen LogP contribution in [0, 0.1) is 0 Å². The number of halogens is 3. The Morgan fingerprint density at radius 3 is 2.50 bits per heavy atom. The van der Waals surface area contributed by atoms with Crippen molar-refractivity contribution in [2.45, 2.75) is 25.6 Å². The van der Waals surface area contributed by atoms with Crippen molar-refractivity contribution < 1.29 is 17.9 Å². The van der Waals surface area contributed by atoms with Crippen molar-refractivity contribution in [1.82, 2.24) is 0 Å². The molecule has 0 amide bonds. The Bertz CT molecular complexity index is 595. The van der Waals surface area contributed by atoms with Gasteiger partial charge in [-0.3, -0.25) is 0 Å². The van der Waals surface area contributed by atoms with E-state index >= 15 is 0 Å². The van der Waals surface area contributed by atoms with Crippen molar-refractivity contribution in [2.75, 3.05) is 6.61 Å². The van der Waals surface area contributed by atoms with E-state index in [0.717, 1.165) is 5.39 Å². The highest BCUT2D eigenvalue weighted by molar-refractivity contribution is 5.89. The van der Waals surface area contributed by atoms with Crippen LogP contribution < -0.4 is 10.5 Å². The van der Waals surface area contributed by atoms with Crippen LogP contribution in [-0.4, -0.2) is 12.8 Å². The maximum absolute atomic E-state index is 12.9. The second-order valence-corrected chi connectivity index (χ2v) is 4.57. The molecule has 20 heavy (non-hydrogen) atoms. The van der Waals surface area contributed by atoms with E-state index in [-0.39, 0.29) is 11.3 Å². The molecule has 2 nitrogen and oxygen atoms in total. The van der Waals surface area contributed by atoms with Crippen LogP contribution >= 0.6 is 0 Å². The average Bonchev–Trinajstić information content (AvgIpc) is 2.42. The first-order chi connectivity index (χ1) is 9.45. The van der Waals surface area contributed by atoms with E-state index in [9.17, 15) is 13.2 Å². The molecule has 5 heteroatoms. The molecule has 0 aliphatic rings. The van der Waals surface area contributed by atoms with Crippen molar-refractivity contribution in [1.29, 1.82) is 0 Å². The zero-order valence-electron chi connectivity index (χ0n) is 11.1. The summed E-state index contributed by atoms with van der Waals surface area (Å²) in [5, 5.41) is 1.48. The molecule has 2 aromatic carbocycles. The molecule has 0 spiro atoms. The van der Waals surface area contributed by atoms with Crippen molar-refractivity contribution >= 4 is 10.8 Å². The van der Waals surface area contributed by atoms with Gasteiger partial charge in [0.1, 0.15) is 11.8 Å². The van der Waals surface area contributed by atoms with Crippen LogP contribution in [-0.2, 0) is 0 Å². The number of hydrogen-bond acceptors (Lipinski definition) is 2. The van der Waals surface area contributed by atoms with E-state index in [1.807, 2.05) is 19.1 Å². The summed E-state index contributed by atoms with van der Waals surface area (Å²) in [6.07, 6.45) is -3.78. The van der Waals surface area contributed by atoms with Crippen LogP contribution in [0.25, 0.3) is 10.8 Å². The summed E-state index contributed by atoms with van der Waals surface area (Å²) in [4.78, 5) is 0. The summed E-state index contributed by atoms with van der Waals surface area (Å²) in [5.41, 5.74) is 5.31. The fourth-order valence-corrected chi connectivity index (χ4v) is 2.05. The molecule has 0 aliphatic heterocycles. The van der Waals surface area contributed by atoms with Crippen LogP contribution in [0.1, 0.15) is 24.9 Å². The molecule has 1 atom stereocenters. The quantitative estimate of drug-likeness (QED) is 0.913. The van der Waals surface area contributed by atoms with Crippen molar-refractivity contribution in [3.8, 4) is 5.75 Å². The molecule has 2 N–H and O–H groups in total. The van der Waals surface area contributed by atoms with Crippen molar-refractivity contribution in [2.24, 2.45) is 5.73 Å². The molecule has 2 aromatic rings. The molecule has 0 fully saturated rings. The van der Waals surface area contributed by atoms with Crippen LogP contribution in [0.15, 0.2) is 36.4 Å². The van der Waals surface area contributed by atoms with Gasteiger partial charge in [0.15, 0.2) is 0 Å². The van der Waals surface area contributed by atoms with E-state index in [1.165, 1.54) is 6.07 Å². The van der Waals surface area contributed by atoms with Gasteiger partial charge >= 0.3 is 6.18 Å². The van der Waals surface area contributed by atoms with Gasteiger partial charge in [-0.05, 0) is 11.8 Å². The number of hydrogen-bond donors (Lipinski definition) is 1. The minimum Gasteiger partial charge on any atom is -0.493 e. The lowest BCUT2D eigenvalue weighted by molar-refractivity contribution is -0.149. The second-order valence-electron chi connectivity index (χ2n) is 4.57. The molecule has 0 bridgehead atoms. The first-order valence-corrected chi connectivity index (χ1v) is 6.42. The largest absolute Gasteiger partial charge is 0.493 e. The Kier molecular flexibility index (Phi) is 4.18. The summed E-state index contributed by atoms with van der Waals surface area (Å²) in [6, 6.07) is 8.16. The predicted octanol–water partition coefficient (Wildman–Crippen LogP) is 4.19. The number of benzene rings is 2. The predicted molar refractivity (Wildman–Crippen MR) is 72.7 cm³/mol. The standard InChI is InChI=1S/C15H16F3NO/c1-2-9-20-13-11-6-4-3-5-10(11)7-8-12(13)14(19)15(16,17)18/h3-8,14H,2,9,19H2,1H3/t14-/m0/s1. The van der Waals surface area contributed by atoms with Crippen molar-refractivity contribution in [3.63, 3.8) is 0 Å². The highest BCUT2D eigenvalue weighted by atomic mass is 19.4. The van der Waals surface area contributed by atoms with E-state index in [0.29, 0.717) is 18.4 Å². The topological polar surface area (TPSA) is 35.2 Å². The van der Waals surface area contributed by atoms with Gasteiger partial charge in [-0.2, -0.15) is 13.2 Å². The van der Waals surface area contributed by atoms with Gasteiger partial charge in [-0.1, -0.05) is 43.3 Å². The van der Waals surface area contributed by atoms with Crippen LogP contribution in [0.2, 0.25) is 0 Å². The molecule has 0 heterocycles. The number of fused-ring (bicyclic) bond motifs is 1. The van der Waals surface area contributed by atoms with Gasteiger partial charge in [0.05, 0.1) is 6.61 Å². The van der Waals surface area contributed by atoms with Crippen LogP contribution in [0.3, 0.4) is 0 Å². The molecule has 2 rings (SSSR count). The summed E-state index contributed by atoms with van der Waals surface area (Å²) in [6.45, 7) is 2.25. The lowest BCUT2D eigenvalue weighted by Gasteiger charge is -2.20. The van der Waals surface area contributed by atoms with Gasteiger partial charge in [-0.15, -0.1) is 0 Å². The van der Waals surface area contributed by atoms with Gasteiger partial charge < -0.3 is 10.5 Å². The maximum Gasteiger partial charge on any atom is 0.407 e. The van der Waals surface area contributed by atoms with Gasteiger partial charge in [0.25, 0.3) is 0 Å². The molecule has 108 valence electrons. The highest BCUT2D eigenvalue weighted by Gasteiger charge is 2.39. The highest BCUT2D eigenvalue weighted by Crippen LogP contribution is 2.39. The van der Waals surface area contributed by atoms with E-state index in [4.69, 9.17) is 10.5 Å². The Morgan fingerprint density at radius 1 is 1.15 bits per heavy atom. The Balaban J connectivity index is 2.58. The summed E-state index contributed by atoms with van der Waals surface area (Å²) < 4.78 is 44.1. The number of nitrogens with two attached hydrogens (primary N) is 1. The van der Waals surface area contributed by atoms with E-state index < -0.39 is 12.2 Å². The molecular formula is C15H16F3NO. The molecule has 0 saturated heterocycles. The molecular weight excluding hydrogens is 267 g/mol. The zero-order valence-corrected chi connectivity index (χ0v) is 11.1. The van der Waals surface area contributed by atoms with Crippen LogP contribution in [0.4, 0.5) is 13.2 Å². The first-order valence-electron chi connectivity index (χ1n) is 6.42. The molecule has 0 saturated carbocycles. The number of alkyl halides is 3. The Labute approximate surface area is 115 Å². The molecule has 0 radical (unpaired) electrons. The smallest absolute Gasteiger partial charge is 0.407 e. The van der Waals surface area contributed by atoms with E-state index in [2.05, 4.69) is 0 Å². The van der Waals surface area contributed by atoms with Gasteiger partial charge in [0, 0.05) is 10.9 Å². The first kappa shape index (κ1) is 14.7. The average molecular weight is 283 g/mol. The number of ether oxygens (including phenoxy) is 1. The van der Waals surface area contributed by atoms with Gasteiger partial charge in [0.2, 0.25) is 0 Å². The lowest BCUT2D eigenvalue weighted by Crippen LogP contribution is -2.29. The fourth-order valence-electron chi connectivity index (χ4n) is 2.05. The molecule has 0 aromatic heterocycles. The Morgan fingerprint density at radius 2 is 1.85 bits per heavy atom. The molecule has 0 aliphatic carbocycles. The summed E-state index contributed by atoms with van der Waals surface area (Å²) in [5.74, 6) is 0.231. The van der Waals surface area contributed by atoms with Gasteiger partial charge in [-0.25, -0.2) is 0 Å². The minimum absolute atomic E-state index is 0.0235. The third-order valence-corrected chi connectivity index (χ3v) is 3.05. The monoisotopic (exact) mass is 283 g/mol. The summed E-state index contributed by atoms with van der Waals surface area (Å²) >= 11 is 0. The summed E-state index contributed by atoms with van der Waals surface area (Å²) in [7, 11) is 0. The van der Waals surface area contributed by atoms with E-state index in [1.54, 1.807) is 18.2 Å². The maximum atomic E-state index is 12.9. The third kappa shape index (κ3) is 2.88. The third-order valence-electron chi connectivity index (χ3n) is 3.05. The Hall–Kier alpha value is -1.75. The van der Waals surface area contributed by atoms with Crippen LogP contribution in [0.5, 0.6) is 5.75 Å². The minimum atomic E-state index is -4.49.